The van der Waals surface area contributed by atoms with Crippen LogP contribution in [-0.4, -0.2) is 27.5 Å². The standard InChI is InChI=1S/C14H16Cl2N4O2/c1-8-11(15)3-10(4-12(8)16)18-14(22)19-13(7-21)9-5-17-20(2)6-9/h3-6,13,21H,7H2,1-2H3,(H2,18,19,22)/t13-/m0/s1. The van der Waals surface area contributed by atoms with Crippen molar-refractivity contribution in [2.45, 2.75) is 13.0 Å². The van der Waals surface area contributed by atoms with Crippen LogP contribution in [0.4, 0.5) is 10.5 Å². The lowest BCUT2D eigenvalue weighted by molar-refractivity contribution is 0.225. The molecule has 0 aliphatic carbocycles. The lowest BCUT2D eigenvalue weighted by Crippen LogP contribution is -2.34. The number of nitrogens with one attached hydrogen (secondary N) is 2. The first kappa shape index (κ1) is 16.6. The number of carbonyl (C=O) groups is 1. The van der Waals surface area contributed by atoms with Gasteiger partial charge in [-0.3, -0.25) is 4.68 Å². The molecule has 0 aliphatic heterocycles. The molecule has 0 fully saturated rings. The number of nitrogens with zero attached hydrogens (tertiary/aromatic N) is 2. The van der Waals surface area contributed by atoms with Gasteiger partial charge in [0, 0.05) is 34.5 Å². The highest BCUT2D eigenvalue weighted by atomic mass is 35.5. The predicted octanol–water partition coefficient (Wildman–Crippen LogP) is 2.89. The van der Waals surface area contributed by atoms with Gasteiger partial charge in [-0.2, -0.15) is 5.10 Å². The number of halogens is 2. The van der Waals surface area contributed by atoms with Gasteiger partial charge < -0.3 is 15.7 Å². The maximum atomic E-state index is 12.0. The SMILES string of the molecule is Cc1c(Cl)cc(NC(=O)N[C@@H](CO)c2cnn(C)c2)cc1Cl. The zero-order valence-electron chi connectivity index (χ0n) is 12.1. The van der Waals surface area contributed by atoms with Crippen LogP contribution in [0.2, 0.25) is 10.0 Å². The summed E-state index contributed by atoms with van der Waals surface area (Å²) in [4.78, 5) is 12.0. The van der Waals surface area contributed by atoms with Crippen LogP contribution >= 0.6 is 23.2 Å². The third kappa shape index (κ3) is 3.91. The molecule has 0 saturated carbocycles. The van der Waals surface area contributed by atoms with Crippen molar-refractivity contribution in [1.29, 1.82) is 0 Å². The molecule has 0 aliphatic rings. The van der Waals surface area contributed by atoms with Crippen LogP contribution in [0.5, 0.6) is 0 Å². The van der Waals surface area contributed by atoms with Gasteiger partial charge in [0.2, 0.25) is 0 Å². The fraction of sp³-hybridized carbons (Fsp3) is 0.286. The fourth-order valence-electron chi connectivity index (χ4n) is 1.90. The molecule has 0 saturated heterocycles. The summed E-state index contributed by atoms with van der Waals surface area (Å²) in [5.41, 5.74) is 1.93. The van der Waals surface area contributed by atoms with Crippen LogP contribution in [0.3, 0.4) is 0 Å². The zero-order valence-corrected chi connectivity index (χ0v) is 13.6. The van der Waals surface area contributed by atoms with Crippen LogP contribution in [0, 0.1) is 6.92 Å². The molecular formula is C14H16Cl2N4O2. The molecule has 6 nitrogen and oxygen atoms in total. The van der Waals surface area contributed by atoms with Crippen molar-refractivity contribution >= 4 is 34.9 Å². The molecule has 1 atom stereocenters. The van der Waals surface area contributed by atoms with Gasteiger partial charge in [0.25, 0.3) is 0 Å². The zero-order chi connectivity index (χ0) is 16.3. The van der Waals surface area contributed by atoms with Crippen LogP contribution in [0.1, 0.15) is 17.2 Å². The molecule has 1 aromatic heterocycles. The Kier molecular flexibility index (Phi) is 5.28. The second-order valence-electron chi connectivity index (χ2n) is 4.85. The van der Waals surface area contributed by atoms with Crippen LogP contribution in [0.25, 0.3) is 0 Å². The smallest absolute Gasteiger partial charge is 0.319 e. The summed E-state index contributed by atoms with van der Waals surface area (Å²) >= 11 is 12.1. The topological polar surface area (TPSA) is 79.2 Å². The van der Waals surface area contributed by atoms with Crippen molar-refractivity contribution in [3.63, 3.8) is 0 Å². The van der Waals surface area contributed by atoms with E-state index in [0.29, 0.717) is 21.3 Å². The summed E-state index contributed by atoms with van der Waals surface area (Å²) in [6.45, 7) is 1.55. The number of anilines is 1. The van der Waals surface area contributed by atoms with E-state index in [4.69, 9.17) is 23.2 Å². The molecular weight excluding hydrogens is 327 g/mol. The summed E-state index contributed by atoms with van der Waals surface area (Å²) in [5.74, 6) is 0. The van der Waals surface area contributed by atoms with Gasteiger partial charge in [-0.25, -0.2) is 4.79 Å². The lowest BCUT2D eigenvalue weighted by Gasteiger charge is -2.16. The van der Waals surface area contributed by atoms with Crippen molar-refractivity contribution < 1.29 is 9.90 Å². The first-order valence-electron chi connectivity index (χ1n) is 6.53. The Bertz CT molecular complexity index is 664. The van der Waals surface area contributed by atoms with Gasteiger partial charge in [-0.15, -0.1) is 0 Å². The van der Waals surface area contributed by atoms with Crippen LogP contribution in [0.15, 0.2) is 24.5 Å². The third-order valence-corrected chi connectivity index (χ3v) is 3.94. The Morgan fingerprint density at radius 2 is 2.05 bits per heavy atom. The number of benzene rings is 1. The summed E-state index contributed by atoms with van der Waals surface area (Å²) in [7, 11) is 1.76. The lowest BCUT2D eigenvalue weighted by atomic mass is 10.2. The summed E-state index contributed by atoms with van der Waals surface area (Å²) in [6, 6.07) is 2.20. The first-order valence-corrected chi connectivity index (χ1v) is 7.29. The maximum Gasteiger partial charge on any atom is 0.319 e. The van der Waals surface area contributed by atoms with Gasteiger partial charge in [0.1, 0.15) is 0 Å². The quantitative estimate of drug-likeness (QED) is 0.799. The number of aliphatic hydroxyl groups excluding tert-OH is 1. The summed E-state index contributed by atoms with van der Waals surface area (Å²) in [6.07, 6.45) is 3.31. The highest BCUT2D eigenvalue weighted by molar-refractivity contribution is 6.36. The van der Waals surface area contributed by atoms with Gasteiger partial charge >= 0.3 is 6.03 Å². The highest BCUT2D eigenvalue weighted by Crippen LogP contribution is 2.28. The number of carbonyl (C=O) groups excluding carboxylic acids is 1. The van der Waals surface area contributed by atoms with Gasteiger partial charge in [0.15, 0.2) is 0 Å². The summed E-state index contributed by atoms with van der Waals surface area (Å²) in [5, 5.41) is 19.6. The number of rotatable bonds is 4. The first-order chi connectivity index (χ1) is 10.4. The van der Waals surface area contributed by atoms with E-state index in [1.807, 2.05) is 0 Å². The molecule has 118 valence electrons. The van der Waals surface area contributed by atoms with Crippen LogP contribution < -0.4 is 10.6 Å². The Morgan fingerprint density at radius 3 is 2.55 bits per heavy atom. The maximum absolute atomic E-state index is 12.0. The Morgan fingerprint density at radius 1 is 1.41 bits per heavy atom. The van der Waals surface area contributed by atoms with Gasteiger partial charge in [-0.1, -0.05) is 23.2 Å². The molecule has 0 spiro atoms. The van der Waals surface area contributed by atoms with Crippen molar-refractivity contribution in [3.8, 4) is 0 Å². The average Bonchev–Trinajstić information content (AvgIpc) is 2.88. The largest absolute Gasteiger partial charge is 0.394 e. The fourth-order valence-corrected chi connectivity index (χ4v) is 2.38. The molecule has 2 rings (SSSR count). The van der Waals surface area contributed by atoms with E-state index < -0.39 is 12.1 Å². The molecule has 1 aromatic carbocycles. The van der Waals surface area contributed by atoms with Gasteiger partial charge in [-0.05, 0) is 24.6 Å². The number of aryl methyl sites for hydroxylation is 1. The van der Waals surface area contributed by atoms with Crippen LogP contribution in [-0.2, 0) is 7.05 Å². The number of urea groups is 1. The molecule has 0 bridgehead atoms. The molecule has 2 amide bonds. The predicted molar refractivity (Wildman–Crippen MR) is 86.4 cm³/mol. The molecule has 8 heteroatoms. The minimum Gasteiger partial charge on any atom is -0.394 e. The molecule has 0 unspecified atom stereocenters. The van der Waals surface area contributed by atoms with E-state index in [9.17, 15) is 9.90 Å². The Hall–Kier alpha value is -1.76. The second-order valence-corrected chi connectivity index (χ2v) is 5.66. The summed E-state index contributed by atoms with van der Waals surface area (Å²) < 4.78 is 1.59. The van der Waals surface area contributed by atoms with E-state index in [-0.39, 0.29) is 6.61 Å². The highest BCUT2D eigenvalue weighted by Gasteiger charge is 2.15. The second kappa shape index (κ2) is 7.00. The minimum absolute atomic E-state index is 0.242. The normalized spacial score (nSPS) is 12.0. The monoisotopic (exact) mass is 342 g/mol. The molecule has 3 N–H and O–H groups in total. The van der Waals surface area contributed by atoms with Crippen molar-refractivity contribution in [2.24, 2.45) is 7.05 Å². The number of aromatic nitrogens is 2. The van der Waals surface area contributed by atoms with Crippen molar-refractivity contribution in [1.82, 2.24) is 15.1 Å². The molecule has 2 aromatic rings. The number of amides is 2. The van der Waals surface area contributed by atoms with E-state index in [1.165, 1.54) is 0 Å². The molecule has 1 heterocycles. The van der Waals surface area contributed by atoms with E-state index in [0.717, 1.165) is 5.56 Å². The average molecular weight is 343 g/mol. The number of aliphatic hydroxyl groups is 1. The number of hydrogen-bond donors (Lipinski definition) is 3. The molecule has 22 heavy (non-hydrogen) atoms. The Balaban J connectivity index is 2.06. The molecule has 0 radical (unpaired) electrons. The van der Waals surface area contributed by atoms with Gasteiger partial charge in [0.05, 0.1) is 18.8 Å². The van der Waals surface area contributed by atoms with Crippen molar-refractivity contribution in [2.75, 3.05) is 11.9 Å². The number of hydrogen-bond acceptors (Lipinski definition) is 3. The Labute approximate surface area is 138 Å². The van der Waals surface area contributed by atoms with E-state index >= 15 is 0 Å². The minimum atomic E-state index is -0.551. The third-order valence-electron chi connectivity index (χ3n) is 3.15. The van der Waals surface area contributed by atoms with Crippen molar-refractivity contribution in [3.05, 3.63) is 45.7 Å². The van der Waals surface area contributed by atoms with E-state index in [1.54, 1.807) is 43.2 Å². The van der Waals surface area contributed by atoms with E-state index in [2.05, 4.69) is 15.7 Å².